The van der Waals surface area contributed by atoms with Gasteiger partial charge >= 0.3 is 0 Å². The molecule has 0 aliphatic carbocycles. The van der Waals surface area contributed by atoms with E-state index in [-0.39, 0.29) is 0 Å². The number of pyridine rings is 1. The van der Waals surface area contributed by atoms with Crippen molar-refractivity contribution in [1.82, 2.24) is 9.97 Å². The number of oxazole rings is 1. The summed E-state index contributed by atoms with van der Waals surface area (Å²) in [5.41, 5.74) is 12.1. The van der Waals surface area contributed by atoms with E-state index in [2.05, 4.69) is 126 Å². The fourth-order valence-corrected chi connectivity index (χ4v) is 7.14. The summed E-state index contributed by atoms with van der Waals surface area (Å²) >= 11 is 0. The van der Waals surface area contributed by atoms with Gasteiger partial charge < -0.3 is 13.7 Å². The summed E-state index contributed by atoms with van der Waals surface area (Å²) in [6.07, 6.45) is 1.92. The molecule has 7 aromatic carbocycles. The molecule has 0 spiro atoms. The second-order valence-corrected chi connectivity index (χ2v) is 12.6. The Hall–Kier alpha value is -6.98. The van der Waals surface area contributed by atoms with Crippen molar-refractivity contribution in [2.45, 2.75) is 0 Å². The molecule has 0 radical (unpaired) electrons. The summed E-state index contributed by atoms with van der Waals surface area (Å²) in [5.74, 6) is 0.543. The molecule has 0 aliphatic rings. The number of benzene rings is 7. The van der Waals surface area contributed by atoms with Gasteiger partial charge in [-0.2, -0.15) is 0 Å². The van der Waals surface area contributed by atoms with E-state index in [9.17, 15) is 0 Å². The highest BCUT2D eigenvalue weighted by atomic mass is 16.3. The average Bonchev–Trinajstić information content (AvgIpc) is 3.80. The van der Waals surface area contributed by atoms with E-state index in [1.165, 1.54) is 16.3 Å². The van der Waals surface area contributed by atoms with E-state index < -0.39 is 0 Å². The van der Waals surface area contributed by atoms with Gasteiger partial charge in [-0.05, 0) is 81.6 Å². The van der Waals surface area contributed by atoms with Crippen LogP contribution in [0.5, 0.6) is 0 Å². The van der Waals surface area contributed by atoms with E-state index in [0.29, 0.717) is 11.5 Å². The molecule has 0 saturated carbocycles. The van der Waals surface area contributed by atoms with Crippen LogP contribution in [0.2, 0.25) is 0 Å². The molecule has 240 valence electrons. The van der Waals surface area contributed by atoms with Crippen LogP contribution < -0.4 is 4.90 Å². The minimum absolute atomic E-state index is 0.543. The van der Waals surface area contributed by atoms with Crippen molar-refractivity contribution >= 4 is 61.0 Å². The fourth-order valence-electron chi connectivity index (χ4n) is 7.14. The topological polar surface area (TPSA) is 55.3 Å². The molecule has 0 unspecified atom stereocenters. The maximum Gasteiger partial charge on any atom is 0.228 e. The molecule has 3 aromatic heterocycles. The van der Waals surface area contributed by atoms with Crippen LogP contribution >= 0.6 is 0 Å². The number of aromatic nitrogens is 2. The minimum Gasteiger partial charge on any atom is -0.454 e. The highest BCUT2D eigenvalue weighted by Gasteiger charge is 2.21. The van der Waals surface area contributed by atoms with Gasteiger partial charge in [-0.25, -0.2) is 9.97 Å². The molecular weight excluding hydrogens is 627 g/mol. The van der Waals surface area contributed by atoms with Crippen LogP contribution in [0.3, 0.4) is 0 Å². The first-order valence-electron chi connectivity index (χ1n) is 17.0. The monoisotopic (exact) mass is 655 g/mol. The van der Waals surface area contributed by atoms with Crippen LogP contribution in [-0.4, -0.2) is 9.97 Å². The van der Waals surface area contributed by atoms with E-state index in [1.54, 1.807) is 0 Å². The lowest BCUT2D eigenvalue weighted by atomic mass is 9.98. The third-order valence-electron chi connectivity index (χ3n) is 9.54. The first-order valence-corrected chi connectivity index (χ1v) is 17.0. The summed E-state index contributed by atoms with van der Waals surface area (Å²) in [6.45, 7) is 0. The van der Waals surface area contributed by atoms with Crippen molar-refractivity contribution in [3.8, 4) is 33.7 Å². The van der Waals surface area contributed by atoms with E-state index in [0.717, 1.165) is 66.9 Å². The highest BCUT2D eigenvalue weighted by Crippen LogP contribution is 2.42. The molecule has 5 heteroatoms. The largest absolute Gasteiger partial charge is 0.454 e. The highest BCUT2D eigenvalue weighted by molar-refractivity contribution is 6.10. The summed E-state index contributed by atoms with van der Waals surface area (Å²) < 4.78 is 12.7. The van der Waals surface area contributed by atoms with Crippen molar-refractivity contribution in [3.05, 3.63) is 176 Å². The summed E-state index contributed by atoms with van der Waals surface area (Å²) in [5, 5.41) is 3.34. The number of furan rings is 1. The molecular formula is C46H29N3O2. The number of anilines is 3. The van der Waals surface area contributed by atoms with Gasteiger partial charge in [-0.1, -0.05) is 115 Å². The Balaban J connectivity index is 1.12. The zero-order valence-corrected chi connectivity index (χ0v) is 27.4. The SMILES string of the molecule is c1ccc(-c2cccc(N(c3ccc(-c4cccc5ccccc45)cc3)c3cnc4c(c3)oc3cccc(-c5nc6ccccc6o5)c34)c2)cc1. The normalized spacial score (nSPS) is 11.5. The molecule has 0 fully saturated rings. The summed E-state index contributed by atoms with van der Waals surface area (Å²) in [7, 11) is 0. The molecule has 10 aromatic rings. The van der Waals surface area contributed by atoms with E-state index in [4.69, 9.17) is 18.8 Å². The van der Waals surface area contributed by atoms with Gasteiger partial charge in [0.15, 0.2) is 11.2 Å². The zero-order chi connectivity index (χ0) is 33.7. The molecule has 0 amide bonds. The zero-order valence-electron chi connectivity index (χ0n) is 27.4. The Morgan fingerprint density at radius 3 is 2.08 bits per heavy atom. The second kappa shape index (κ2) is 11.9. The van der Waals surface area contributed by atoms with Gasteiger partial charge in [0, 0.05) is 17.4 Å². The molecule has 0 atom stereocenters. The number of hydrogen-bond donors (Lipinski definition) is 0. The lowest BCUT2D eigenvalue weighted by Crippen LogP contribution is -2.10. The van der Waals surface area contributed by atoms with Gasteiger partial charge in [0.2, 0.25) is 5.89 Å². The van der Waals surface area contributed by atoms with E-state index >= 15 is 0 Å². The lowest BCUT2D eigenvalue weighted by molar-refractivity contribution is 0.620. The predicted molar refractivity (Wildman–Crippen MR) is 208 cm³/mol. The molecule has 0 aliphatic heterocycles. The number of rotatable bonds is 6. The van der Waals surface area contributed by atoms with Gasteiger partial charge in [-0.15, -0.1) is 0 Å². The molecule has 0 bridgehead atoms. The minimum atomic E-state index is 0.543. The molecule has 5 nitrogen and oxygen atoms in total. The van der Waals surface area contributed by atoms with Crippen LogP contribution in [0.1, 0.15) is 0 Å². The third-order valence-corrected chi connectivity index (χ3v) is 9.54. The van der Waals surface area contributed by atoms with Crippen molar-refractivity contribution in [2.24, 2.45) is 0 Å². The number of para-hydroxylation sites is 2. The van der Waals surface area contributed by atoms with Crippen molar-refractivity contribution in [2.75, 3.05) is 4.90 Å². The second-order valence-electron chi connectivity index (χ2n) is 12.6. The number of hydrogen-bond acceptors (Lipinski definition) is 5. The first kappa shape index (κ1) is 29.0. The van der Waals surface area contributed by atoms with Crippen LogP contribution in [-0.2, 0) is 0 Å². The maximum absolute atomic E-state index is 6.50. The van der Waals surface area contributed by atoms with Crippen molar-refractivity contribution < 1.29 is 8.83 Å². The fraction of sp³-hybridized carbons (Fsp3) is 0. The van der Waals surface area contributed by atoms with Crippen LogP contribution in [0, 0.1) is 0 Å². The summed E-state index contributed by atoms with van der Waals surface area (Å²) in [6, 6.07) is 58.6. The van der Waals surface area contributed by atoms with Crippen molar-refractivity contribution in [3.63, 3.8) is 0 Å². The van der Waals surface area contributed by atoms with Crippen molar-refractivity contribution in [1.29, 1.82) is 0 Å². The molecule has 3 heterocycles. The third kappa shape index (κ3) is 5.03. The Bertz CT molecular complexity index is 2830. The molecule has 51 heavy (non-hydrogen) atoms. The number of nitrogens with zero attached hydrogens (tertiary/aromatic N) is 3. The Labute approximate surface area is 293 Å². The molecule has 0 N–H and O–H groups in total. The van der Waals surface area contributed by atoms with E-state index in [1.807, 2.05) is 54.7 Å². The Morgan fingerprint density at radius 1 is 0.451 bits per heavy atom. The average molecular weight is 656 g/mol. The van der Waals surface area contributed by atoms with Crippen LogP contribution in [0.25, 0.3) is 77.6 Å². The maximum atomic E-state index is 6.50. The molecule has 10 rings (SSSR count). The van der Waals surface area contributed by atoms with Gasteiger partial charge in [0.25, 0.3) is 0 Å². The smallest absolute Gasteiger partial charge is 0.228 e. The van der Waals surface area contributed by atoms with Crippen LogP contribution in [0.15, 0.2) is 185 Å². The van der Waals surface area contributed by atoms with Gasteiger partial charge in [0.1, 0.15) is 16.6 Å². The Kier molecular flexibility index (Phi) is 6.74. The summed E-state index contributed by atoms with van der Waals surface area (Å²) in [4.78, 5) is 12.1. The predicted octanol–water partition coefficient (Wildman–Crippen LogP) is 12.7. The molecule has 0 saturated heterocycles. The first-order chi connectivity index (χ1) is 25.3. The van der Waals surface area contributed by atoms with Gasteiger partial charge in [-0.3, -0.25) is 0 Å². The Morgan fingerprint density at radius 2 is 1.18 bits per heavy atom. The number of fused-ring (bicyclic) bond motifs is 5. The van der Waals surface area contributed by atoms with Crippen LogP contribution in [0.4, 0.5) is 17.1 Å². The van der Waals surface area contributed by atoms with Gasteiger partial charge in [0.05, 0.1) is 22.8 Å². The quantitative estimate of drug-likeness (QED) is 0.178. The standard InChI is InChI=1S/C46H29N3O2/c1-2-11-30(12-3-1)33-15-8-16-35(27-33)49(34-25-23-32(24-26-34)38-18-9-14-31-13-4-5-17-37(31)38)36-28-43-45(47-29-36)44-39(19-10-22-42(44)50-43)46-48-40-20-6-7-21-41(40)51-46/h1-29H. The lowest BCUT2D eigenvalue weighted by Gasteiger charge is -2.26.